The molecule has 0 aromatic heterocycles. The molecule has 0 saturated carbocycles. The molecule has 1 saturated heterocycles. The van der Waals surface area contributed by atoms with Gasteiger partial charge in [0.1, 0.15) is 0 Å². The first kappa shape index (κ1) is 17.9. The molecule has 0 aromatic rings. The van der Waals surface area contributed by atoms with Crippen LogP contribution in [0.15, 0.2) is 0 Å². The Hall–Kier alpha value is -0.120. The van der Waals surface area contributed by atoms with Crippen molar-refractivity contribution in [3.8, 4) is 0 Å². The zero-order valence-corrected chi connectivity index (χ0v) is 12.9. The Kier molecular flexibility index (Phi) is 13.2. The number of unbranched alkanes of at least 4 members (excludes halogenated alkanes) is 1. The summed E-state index contributed by atoms with van der Waals surface area (Å²) < 4.78 is 10.2. The zero-order chi connectivity index (χ0) is 13.6. The van der Waals surface area contributed by atoms with E-state index in [0.29, 0.717) is 0 Å². The maximum Gasteiger partial charge on any atom is 0.0589 e. The molecule has 3 heteroatoms. The summed E-state index contributed by atoms with van der Waals surface area (Å²) in [7, 11) is 3.57. The van der Waals surface area contributed by atoms with E-state index in [-0.39, 0.29) is 0 Å². The Morgan fingerprint density at radius 1 is 0.944 bits per heavy atom. The van der Waals surface area contributed by atoms with Crippen molar-refractivity contribution in [1.82, 2.24) is 4.90 Å². The minimum absolute atomic E-state index is 0.874. The summed E-state index contributed by atoms with van der Waals surface area (Å²) in [6.45, 7) is 9.43. The summed E-state index contributed by atoms with van der Waals surface area (Å²) in [4.78, 5) is 2.52. The summed E-state index contributed by atoms with van der Waals surface area (Å²) in [5, 5.41) is 0. The summed E-state index contributed by atoms with van der Waals surface area (Å²) >= 11 is 0. The van der Waals surface area contributed by atoms with Gasteiger partial charge in [0.15, 0.2) is 0 Å². The lowest BCUT2D eigenvalue weighted by Gasteiger charge is -2.31. The fourth-order valence-electron chi connectivity index (χ4n) is 2.40. The third-order valence-corrected chi connectivity index (χ3v) is 3.53. The monoisotopic (exact) mass is 259 g/mol. The summed E-state index contributed by atoms with van der Waals surface area (Å²) in [6.07, 6.45) is 6.69. The van der Waals surface area contributed by atoms with Gasteiger partial charge in [-0.25, -0.2) is 0 Å². The van der Waals surface area contributed by atoms with Crippen LogP contribution >= 0.6 is 0 Å². The van der Waals surface area contributed by atoms with Crippen LogP contribution in [0.4, 0.5) is 0 Å². The topological polar surface area (TPSA) is 21.7 Å². The number of hydrogen-bond donors (Lipinski definition) is 0. The molecule has 1 aliphatic rings. The number of nitrogens with zero attached hydrogens (tertiary/aromatic N) is 1. The molecule has 0 aliphatic carbocycles. The first-order valence-corrected chi connectivity index (χ1v) is 7.57. The Labute approximate surface area is 114 Å². The predicted octanol–water partition coefficient (Wildman–Crippen LogP) is 3.19. The highest BCUT2D eigenvalue weighted by Gasteiger charge is 2.18. The minimum Gasteiger partial charge on any atom is -0.385 e. The molecule has 0 spiro atoms. The molecule has 0 radical (unpaired) electrons. The normalized spacial score (nSPS) is 17.3. The van der Waals surface area contributed by atoms with Gasteiger partial charge < -0.3 is 14.4 Å². The number of piperidine rings is 1. The molecule has 1 rings (SSSR count). The van der Waals surface area contributed by atoms with Gasteiger partial charge in [0, 0.05) is 27.4 Å². The highest BCUT2D eigenvalue weighted by Crippen LogP contribution is 2.22. The van der Waals surface area contributed by atoms with Crippen molar-refractivity contribution in [3.63, 3.8) is 0 Å². The van der Waals surface area contributed by atoms with Crippen molar-refractivity contribution >= 4 is 0 Å². The van der Waals surface area contributed by atoms with Crippen molar-refractivity contribution in [2.45, 2.75) is 46.0 Å². The van der Waals surface area contributed by atoms with Gasteiger partial charge >= 0.3 is 0 Å². The van der Waals surface area contributed by atoms with Gasteiger partial charge in [-0.05, 0) is 38.3 Å². The first-order chi connectivity index (χ1) is 8.86. The van der Waals surface area contributed by atoms with Crippen LogP contribution < -0.4 is 0 Å². The van der Waals surface area contributed by atoms with Gasteiger partial charge in [0.05, 0.1) is 6.61 Å². The maximum atomic E-state index is 5.11. The van der Waals surface area contributed by atoms with Gasteiger partial charge in [0.2, 0.25) is 0 Å². The van der Waals surface area contributed by atoms with Crippen LogP contribution in [-0.4, -0.2) is 52.0 Å². The SMILES string of the molecule is CC.COCCCCC1CCN(CCOC)CC1. The molecule has 0 N–H and O–H groups in total. The van der Waals surface area contributed by atoms with E-state index in [4.69, 9.17) is 9.47 Å². The van der Waals surface area contributed by atoms with Gasteiger partial charge in [0.25, 0.3) is 0 Å². The second-order valence-electron chi connectivity index (χ2n) is 4.77. The van der Waals surface area contributed by atoms with Crippen LogP contribution in [0.2, 0.25) is 0 Å². The second kappa shape index (κ2) is 13.3. The van der Waals surface area contributed by atoms with Crippen molar-refractivity contribution in [2.24, 2.45) is 5.92 Å². The van der Waals surface area contributed by atoms with E-state index in [1.165, 1.54) is 45.2 Å². The molecule has 18 heavy (non-hydrogen) atoms. The fraction of sp³-hybridized carbons (Fsp3) is 1.00. The van der Waals surface area contributed by atoms with Crippen LogP contribution in [0.25, 0.3) is 0 Å². The van der Waals surface area contributed by atoms with E-state index in [0.717, 1.165) is 25.7 Å². The molecule has 0 bridgehead atoms. The molecule has 1 heterocycles. The van der Waals surface area contributed by atoms with Gasteiger partial charge in [-0.3, -0.25) is 0 Å². The Morgan fingerprint density at radius 2 is 1.56 bits per heavy atom. The zero-order valence-electron chi connectivity index (χ0n) is 12.9. The Morgan fingerprint density at radius 3 is 2.11 bits per heavy atom. The van der Waals surface area contributed by atoms with E-state index in [9.17, 15) is 0 Å². The van der Waals surface area contributed by atoms with Crippen LogP contribution in [0.1, 0.15) is 46.0 Å². The van der Waals surface area contributed by atoms with Crippen molar-refractivity contribution in [2.75, 3.05) is 47.1 Å². The predicted molar refractivity (Wildman–Crippen MR) is 78.1 cm³/mol. The standard InChI is InChI=1S/C13H27NO2.C2H6/c1-15-11-4-3-5-13-6-8-14(9-7-13)10-12-16-2;1-2/h13H,3-12H2,1-2H3;1-2H3. The van der Waals surface area contributed by atoms with Crippen molar-refractivity contribution in [3.05, 3.63) is 0 Å². The molecule has 110 valence electrons. The highest BCUT2D eigenvalue weighted by molar-refractivity contribution is 4.72. The molecule has 1 fully saturated rings. The average Bonchev–Trinajstić information content (AvgIpc) is 2.45. The van der Waals surface area contributed by atoms with Crippen molar-refractivity contribution < 1.29 is 9.47 Å². The second-order valence-corrected chi connectivity index (χ2v) is 4.77. The number of ether oxygens (including phenoxy) is 2. The summed E-state index contributed by atoms with van der Waals surface area (Å²) in [5.41, 5.74) is 0. The van der Waals surface area contributed by atoms with Crippen molar-refractivity contribution in [1.29, 1.82) is 0 Å². The number of hydrogen-bond acceptors (Lipinski definition) is 3. The largest absolute Gasteiger partial charge is 0.385 e. The molecule has 0 unspecified atom stereocenters. The maximum absolute atomic E-state index is 5.11. The van der Waals surface area contributed by atoms with Gasteiger partial charge in [-0.2, -0.15) is 0 Å². The lowest BCUT2D eigenvalue weighted by molar-refractivity contribution is 0.116. The minimum atomic E-state index is 0.874. The lowest BCUT2D eigenvalue weighted by atomic mass is 9.91. The first-order valence-electron chi connectivity index (χ1n) is 7.57. The third kappa shape index (κ3) is 8.90. The van der Waals surface area contributed by atoms with E-state index in [1.54, 1.807) is 14.2 Å². The molecule has 3 nitrogen and oxygen atoms in total. The molecular formula is C15H33NO2. The van der Waals surface area contributed by atoms with E-state index >= 15 is 0 Å². The van der Waals surface area contributed by atoms with Crippen LogP contribution in [-0.2, 0) is 9.47 Å². The summed E-state index contributed by atoms with van der Waals surface area (Å²) in [6, 6.07) is 0. The van der Waals surface area contributed by atoms with E-state index in [1.807, 2.05) is 13.8 Å². The lowest BCUT2D eigenvalue weighted by Crippen LogP contribution is -2.35. The van der Waals surface area contributed by atoms with Gasteiger partial charge in [-0.15, -0.1) is 0 Å². The van der Waals surface area contributed by atoms with Crippen LogP contribution in [0.5, 0.6) is 0 Å². The molecule has 0 amide bonds. The highest BCUT2D eigenvalue weighted by atomic mass is 16.5. The Bertz CT molecular complexity index is 157. The molecule has 0 atom stereocenters. The van der Waals surface area contributed by atoms with Gasteiger partial charge in [-0.1, -0.05) is 26.7 Å². The third-order valence-electron chi connectivity index (χ3n) is 3.53. The number of likely N-dealkylation sites (tertiary alicyclic amines) is 1. The molecule has 0 aromatic carbocycles. The fourth-order valence-corrected chi connectivity index (χ4v) is 2.40. The van der Waals surface area contributed by atoms with E-state index < -0.39 is 0 Å². The molecular weight excluding hydrogens is 226 g/mol. The quantitative estimate of drug-likeness (QED) is 0.625. The molecule has 1 aliphatic heterocycles. The number of rotatable bonds is 8. The smallest absolute Gasteiger partial charge is 0.0589 e. The Balaban J connectivity index is 0.00000137. The average molecular weight is 259 g/mol. The number of methoxy groups -OCH3 is 2. The van der Waals surface area contributed by atoms with E-state index in [2.05, 4.69) is 4.90 Å². The van der Waals surface area contributed by atoms with Crippen LogP contribution in [0.3, 0.4) is 0 Å². The van der Waals surface area contributed by atoms with Crippen LogP contribution in [0, 0.1) is 5.92 Å². The summed E-state index contributed by atoms with van der Waals surface area (Å²) in [5.74, 6) is 0.954.